The molecule has 3 nitrogen and oxygen atoms in total. The molecule has 0 amide bonds. The van der Waals surface area contributed by atoms with E-state index in [2.05, 4.69) is 13.5 Å². The molecule has 3 heteroatoms. The molecule has 0 heterocycles. The molecule has 0 aromatic heterocycles. The Morgan fingerprint density at radius 3 is 2.25 bits per heavy atom. The molecule has 0 unspecified atom stereocenters. The summed E-state index contributed by atoms with van der Waals surface area (Å²) in [5.74, 6) is -0.750. The molecule has 16 heavy (non-hydrogen) atoms. The maximum Gasteiger partial charge on any atom is 0.341 e. The molecule has 0 rings (SSSR count). The zero-order valence-corrected chi connectivity index (χ0v) is 10.4. The van der Waals surface area contributed by atoms with Gasteiger partial charge in [0.2, 0.25) is 0 Å². The Kier molecular flexibility index (Phi) is 8.49. The lowest BCUT2D eigenvalue weighted by molar-refractivity contribution is -0.140. The number of unbranched alkanes of at least 4 members (excludes halogenated alkanes) is 3. The van der Waals surface area contributed by atoms with E-state index in [9.17, 15) is 9.59 Å². The van der Waals surface area contributed by atoms with Gasteiger partial charge < -0.3 is 4.74 Å². The van der Waals surface area contributed by atoms with Gasteiger partial charge in [0.05, 0.1) is 12.2 Å². The SMILES string of the molecule is C=C(C(=O)CCCC)C(=O)OCCCCC. The van der Waals surface area contributed by atoms with E-state index in [1.807, 2.05) is 6.92 Å². The van der Waals surface area contributed by atoms with Gasteiger partial charge in [0.25, 0.3) is 0 Å². The molecule has 92 valence electrons. The van der Waals surface area contributed by atoms with Crippen molar-refractivity contribution in [3.8, 4) is 0 Å². The van der Waals surface area contributed by atoms with Crippen molar-refractivity contribution >= 4 is 11.8 Å². The van der Waals surface area contributed by atoms with Crippen molar-refractivity contribution in [1.82, 2.24) is 0 Å². The van der Waals surface area contributed by atoms with Crippen LogP contribution in [0, 0.1) is 0 Å². The maximum atomic E-state index is 11.4. The summed E-state index contributed by atoms with van der Waals surface area (Å²) < 4.78 is 4.95. The summed E-state index contributed by atoms with van der Waals surface area (Å²) in [6, 6.07) is 0. The number of hydrogen-bond acceptors (Lipinski definition) is 3. The Morgan fingerprint density at radius 2 is 1.69 bits per heavy atom. The number of rotatable bonds is 9. The molecule has 0 aromatic carbocycles. The van der Waals surface area contributed by atoms with E-state index in [1.54, 1.807) is 0 Å². The molecule has 0 bridgehead atoms. The molecule has 0 aliphatic carbocycles. The summed E-state index contributed by atoms with van der Waals surface area (Å²) in [5, 5.41) is 0. The first kappa shape index (κ1) is 14.9. The normalized spacial score (nSPS) is 9.88. The molecular weight excluding hydrogens is 204 g/mol. The van der Waals surface area contributed by atoms with E-state index in [0.717, 1.165) is 32.1 Å². The Morgan fingerprint density at radius 1 is 1.06 bits per heavy atom. The maximum absolute atomic E-state index is 11.4. The van der Waals surface area contributed by atoms with Crippen LogP contribution in [0.5, 0.6) is 0 Å². The van der Waals surface area contributed by atoms with Gasteiger partial charge in [0.1, 0.15) is 0 Å². The van der Waals surface area contributed by atoms with Crippen LogP contribution in [-0.4, -0.2) is 18.4 Å². The Bertz CT molecular complexity index is 244. The first-order valence-electron chi connectivity index (χ1n) is 6.02. The van der Waals surface area contributed by atoms with Crippen LogP contribution in [0.4, 0.5) is 0 Å². The first-order chi connectivity index (χ1) is 7.63. The van der Waals surface area contributed by atoms with Crippen LogP contribution in [0.1, 0.15) is 52.4 Å². The topological polar surface area (TPSA) is 43.4 Å². The van der Waals surface area contributed by atoms with Crippen LogP contribution in [0.3, 0.4) is 0 Å². The van der Waals surface area contributed by atoms with Crippen molar-refractivity contribution in [3.05, 3.63) is 12.2 Å². The summed E-state index contributed by atoms with van der Waals surface area (Å²) in [6.07, 6.45) is 5.07. The van der Waals surface area contributed by atoms with Crippen molar-refractivity contribution in [2.45, 2.75) is 52.4 Å². The molecular formula is C13H22O3. The molecule has 0 saturated carbocycles. The predicted molar refractivity (Wildman–Crippen MR) is 64.2 cm³/mol. The molecule has 0 aliphatic rings. The molecule has 0 spiro atoms. The smallest absolute Gasteiger partial charge is 0.341 e. The van der Waals surface area contributed by atoms with Crippen molar-refractivity contribution in [3.63, 3.8) is 0 Å². The lowest BCUT2D eigenvalue weighted by Gasteiger charge is -2.05. The third kappa shape index (κ3) is 6.38. The van der Waals surface area contributed by atoms with Gasteiger partial charge in [0.15, 0.2) is 5.78 Å². The number of Topliss-reactive ketones (excluding diaryl/α,β-unsaturated/α-hetero) is 1. The fraction of sp³-hybridized carbons (Fsp3) is 0.692. The van der Waals surface area contributed by atoms with Gasteiger partial charge in [-0.3, -0.25) is 4.79 Å². The third-order valence-corrected chi connectivity index (χ3v) is 2.32. The van der Waals surface area contributed by atoms with E-state index >= 15 is 0 Å². The summed E-state index contributed by atoms with van der Waals surface area (Å²) in [7, 11) is 0. The fourth-order valence-corrected chi connectivity index (χ4v) is 1.21. The average molecular weight is 226 g/mol. The summed E-state index contributed by atoms with van der Waals surface area (Å²) in [5.41, 5.74) is -0.00931. The van der Waals surface area contributed by atoms with Crippen LogP contribution in [-0.2, 0) is 14.3 Å². The Balaban J connectivity index is 3.80. The first-order valence-corrected chi connectivity index (χ1v) is 6.02. The highest BCUT2D eigenvalue weighted by Crippen LogP contribution is 2.05. The van der Waals surface area contributed by atoms with E-state index in [0.29, 0.717) is 13.0 Å². The monoisotopic (exact) mass is 226 g/mol. The van der Waals surface area contributed by atoms with Crippen LogP contribution in [0.2, 0.25) is 0 Å². The highest BCUT2D eigenvalue weighted by Gasteiger charge is 2.15. The summed E-state index contributed by atoms with van der Waals surface area (Å²) in [6.45, 7) is 7.94. The minimum absolute atomic E-state index is 0.00931. The largest absolute Gasteiger partial charge is 0.462 e. The predicted octanol–water partition coefficient (Wildman–Crippen LogP) is 3.04. The second kappa shape index (κ2) is 9.13. The van der Waals surface area contributed by atoms with Gasteiger partial charge in [-0.1, -0.05) is 39.7 Å². The van der Waals surface area contributed by atoms with Crippen LogP contribution in [0.15, 0.2) is 12.2 Å². The van der Waals surface area contributed by atoms with Gasteiger partial charge in [-0.05, 0) is 12.8 Å². The van der Waals surface area contributed by atoms with Crippen molar-refractivity contribution in [2.24, 2.45) is 0 Å². The van der Waals surface area contributed by atoms with Crippen molar-refractivity contribution in [2.75, 3.05) is 6.61 Å². The quantitative estimate of drug-likeness (QED) is 0.199. The van der Waals surface area contributed by atoms with E-state index in [-0.39, 0.29) is 11.4 Å². The fourth-order valence-electron chi connectivity index (χ4n) is 1.21. The lowest BCUT2D eigenvalue weighted by Crippen LogP contribution is -2.15. The Hall–Kier alpha value is -1.12. The molecule has 0 atom stereocenters. The Labute approximate surface area is 97.9 Å². The number of hydrogen-bond donors (Lipinski definition) is 0. The molecule has 0 aromatic rings. The zero-order chi connectivity index (χ0) is 12.4. The number of carbonyl (C=O) groups is 2. The third-order valence-electron chi connectivity index (χ3n) is 2.32. The standard InChI is InChI=1S/C13H22O3/c1-4-6-8-10-16-13(15)11(3)12(14)9-7-5-2/h3-10H2,1-2H3. The molecule has 0 radical (unpaired) electrons. The van der Waals surface area contributed by atoms with E-state index < -0.39 is 5.97 Å². The molecule has 0 fully saturated rings. The number of esters is 1. The number of ether oxygens (including phenoxy) is 1. The minimum atomic E-state index is -0.558. The zero-order valence-electron chi connectivity index (χ0n) is 10.4. The molecule has 0 N–H and O–H groups in total. The second-order valence-electron chi connectivity index (χ2n) is 3.85. The van der Waals surface area contributed by atoms with Crippen molar-refractivity contribution in [1.29, 1.82) is 0 Å². The highest BCUT2D eigenvalue weighted by molar-refractivity contribution is 6.16. The number of ketones is 1. The van der Waals surface area contributed by atoms with Gasteiger partial charge in [-0.15, -0.1) is 0 Å². The van der Waals surface area contributed by atoms with Crippen LogP contribution < -0.4 is 0 Å². The summed E-state index contributed by atoms with van der Waals surface area (Å²) >= 11 is 0. The van der Waals surface area contributed by atoms with Gasteiger partial charge in [-0.25, -0.2) is 4.79 Å². The van der Waals surface area contributed by atoms with E-state index in [4.69, 9.17) is 4.74 Å². The van der Waals surface area contributed by atoms with Crippen molar-refractivity contribution < 1.29 is 14.3 Å². The average Bonchev–Trinajstić information content (AvgIpc) is 2.30. The molecule has 0 saturated heterocycles. The summed E-state index contributed by atoms with van der Waals surface area (Å²) in [4.78, 5) is 22.8. The van der Waals surface area contributed by atoms with Gasteiger partial charge in [-0.2, -0.15) is 0 Å². The van der Waals surface area contributed by atoms with E-state index in [1.165, 1.54) is 0 Å². The molecule has 0 aliphatic heterocycles. The van der Waals surface area contributed by atoms with Gasteiger partial charge >= 0.3 is 5.97 Å². The number of carbonyl (C=O) groups excluding carboxylic acids is 2. The highest BCUT2D eigenvalue weighted by atomic mass is 16.5. The lowest BCUT2D eigenvalue weighted by atomic mass is 10.1. The van der Waals surface area contributed by atoms with Crippen LogP contribution in [0.25, 0.3) is 0 Å². The minimum Gasteiger partial charge on any atom is -0.462 e. The second-order valence-corrected chi connectivity index (χ2v) is 3.85. The van der Waals surface area contributed by atoms with Crippen LogP contribution >= 0.6 is 0 Å². The van der Waals surface area contributed by atoms with Gasteiger partial charge in [0, 0.05) is 6.42 Å².